The van der Waals surface area contributed by atoms with Crippen molar-refractivity contribution in [2.24, 2.45) is 5.92 Å². The smallest absolute Gasteiger partial charge is 0.261 e. The molecule has 1 aliphatic carbocycles. The van der Waals surface area contributed by atoms with Crippen LogP contribution in [-0.2, 0) is 17.8 Å². The molecule has 0 unspecified atom stereocenters. The zero-order valence-corrected chi connectivity index (χ0v) is 17.3. The molecule has 2 fully saturated rings. The summed E-state index contributed by atoms with van der Waals surface area (Å²) in [7, 11) is 0. The van der Waals surface area contributed by atoms with Gasteiger partial charge in [-0.3, -0.25) is 19.0 Å². The summed E-state index contributed by atoms with van der Waals surface area (Å²) in [6, 6.07) is 5.25. The van der Waals surface area contributed by atoms with Crippen molar-refractivity contribution in [1.29, 1.82) is 0 Å². The van der Waals surface area contributed by atoms with Crippen LogP contribution in [0.5, 0.6) is 0 Å². The predicted molar refractivity (Wildman–Crippen MR) is 113 cm³/mol. The fourth-order valence-corrected chi connectivity index (χ4v) is 4.63. The first-order valence-electron chi connectivity index (χ1n) is 11.2. The lowest BCUT2D eigenvalue weighted by Gasteiger charge is -2.35. The van der Waals surface area contributed by atoms with Crippen LogP contribution in [0.1, 0.15) is 54.7 Å². The van der Waals surface area contributed by atoms with Gasteiger partial charge in [0.05, 0.1) is 10.9 Å². The molecule has 158 valence electrons. The van der Waals surface area contributed by atoms with E-state index in [4.69, 9.17) is 4.98 Å². The maximum absolute atomic E-state index is 13.1. The van der Waals surface area contributed by atoms with Crippen molar-refractivity contribution in [1.82, 2.24) is 19.4 Å². The number of rotatable bonds is 2. The van der Waals surface area contributed by atoms with Gasteiger partial charge in [0, 0.05) is 50.6 Å². The molecule has 3 aliphatic rings. The SMILES string of the molecule is O=C(c1ccc2c(=O)n3c(nc2c1)CCCCCC3)N1CCN(C(=O)C2CC2)CC1. The fraction of sp³-hybridized carbons (Fsp3) is 0.565. The number of nitrogens with zero attached hydrogens (tertiary/aromatic N) is 4. The van der Waals surface area contributed by atoms with Crippen molar-refractivity contribution in [3.05, 3.63) is 39.9 Å². The number of hydrogen-bond donors (Lipinski definition) is 0. The summed E-state index contributed by atoms with van der Waals surface area (Å²) in [4.78, 5) is 46.7. The average molecular weight is 409 g/mol. The normalized spacial score (nSPS) is 19.9. The first kappa shape index (κ1) is 19.3. The molecule has 2 aliphatic heterocycles. The number of hydrogen-bond acceptors (Lipinski definition) is 4. The predicted octanol–water partition coefficient (Wildman–Crippen LogP) is 2.21. The third kappa shape index (κ3) is 3.61. The molecule has 0 atom stereocenters. The van der Waals surface area contributed by atoms with E-state index in [1.165, 1.54) is 6.42 Å². The summed E-state index contributed by atoms with van der Waals surface area (Å²) >= 11 is 0. The number of piperazine rings is 1. The minimum atomic E-state index is -0.0518. The number of carbonyl (C=O) groups is 2. The standard InChI is InChI=1S/C23H28N4O3/c28-21(16-6-7-16)25-11-13-26(14-12-25)22(29)17-8-9-18-19(15-17)24-20-5-3-1-2-4-10-27(20)23(18)30/h8-9,15-16H,1-7,10-14H2. The van der Waals surface area contributed by atoms with E-state index in [1.54, 1.807) is 23.1 Å². The molecule has 0 spiro atoms. The molecule has 0 radical (unpaired) electrons. The lowest BCUT2D eigenvalue weighted by molar-refractivity contribution is -0.134. The number of benzene rings is 1. The van der Waals surface area contributed by atoms with Crippen molar-refractivity contribution in [2.45, 2.75) is 51.5 Å². The first-order valence-corrected chi connectivity index (χ1v) is 11.2. The molecule has 1 saturated heterocycles. The van der Waals surface area contributed by atoms with Crippen LogP contribution in [0.2, 0.25) is 0 Å². The molecule has 2 aromatic rings. The van der Waals surface area contributed by atoms with E-state index in [9.17, 15) is 14.4 Å². The van der Waals surface area contributed by atoms with Gasteiger partial charge in [0.2, 0.25) is 5.91 Å². The van der Waals surface area contributed by atoms with Crippen molar-refractivity contribution < 1.29 is 9.59 Å². The Labute approximate surface area is 175 Å². The molecule has 5 rings (SSSR count). The summed E-state index contributed by atoms with van der Waals surface area (Å²) in [6.07, 6.45) is 7.18. The van der Waals surface area contributed by atoms with Gasteiger partial charge < -0.3 is 9.80 Å². The van der Waals surface area contributed by atoms with E-state index in [-0.39, 0.29) is 23.3 Å². The van der Waals surface area contributed by atoms with E-state index >= 15 is 0 Å². The number of aromatic nitrogens is 2. The highest BCUT2D eigenvalue weighted by Crippen LogP contribution is 2.31. The van der Waals surface area contributed by atoms with Crippen molar-refractivity contribution >= 4 is 22.7 Å². The van der Waals surface area contributed by atoms with Gasteiger partial charge in [0.25, 0.3) is 11.5 Å². The molecule has 1 aromatic carbocycles. The van der Waals surface area contributed by atoms with E-state index in [1.807, 2.05) is 9.47 Å². The number of aryl methyl sites for hydroxylation is 1. The second-order valence-corrected chi connectivity index (χ2v) is 8.77. The summed E-state index contributed by atoms with van der Waals surface area (Å²) in [5, 5.41) is 0.579. The highest BCUT2D eigenvalue weighted by Gasteiger charge is 2.35. The molecule has 0 bridgehead atoms. The van der Waals surface area contributed by atoms with Crippen LogP contribution in [-0.4, -0.2) is 57.3 Å². The summed E-state index contributed by atoms with van der Waals surface area (Å²) in [6.45, 7) is 3.02. The fourth-order valence-electron chi connectivity index (χ4n) is 4.63. The number of fused-ring (bicyclic) bond motifs is 2. The topological polar surface area (TPSA) is 75.5 Å². The molecule has 0 N–H and O–H groups in total. The largest absolute Gasteiger partial charge is 0.339 e. The molecule has 1 aromatic heterocycles. The Balaban J connectivity index is 1.37. The minimum Gasteiger partial charge on any atom is -0.339 e. The molecule has 3 heterocycles. The highest BCUT2D eigenvalue weighted by atomic mass is 16.2. The van der Waals surface area contributed by atoms with Crippen LogP contribution in [0.3, 0.4) is 0 Å². The third-order valence-electron chi connectivity index (χ3n) is 6.62. The van der Waals surface area contributed by atoms with Gasteiger partial charge in [-0.2, -0.15) is 0 Å². The molecule has 7 nitrogen and oxygen atoms in total. The maximum atomic E-state index is 13.1. The van der Waals surface area contributed by atoms with Crippen LogP contribution in [0.25, 0.3) is 10.9 Å². The van der Waals surface area contributed by atoms with Gasteiger partial charge in [-0.25, -0.2) is 4.98 Å². The summed E-state index contributed by atoms with van der Waals surface area (Å²) in [5.41, 5.74) is 1.18. The van der Waals surface area contributed by atoms with Gasteiger partial charge >= 0.3 is 0 Å². The van der Waals surface area contributed by atoms with Crippen molar-refractivity contribution in [2.75, 3.05) is 26.2 Å². The van der Waals surface area contributed by atoms with E-state index in [0.29, 0.717) is 42.6 Å². The molecular weight excluding hydrogens is 380 g/mol. The van der Waals surface area contributed by atoms with Crippen LogP contribution in [0.15, 0.2) is 23.0 Å². The number of carbonyl (C=O) groups excluding carboxylic acids is 2. The first-order chi connectivity index (χ1) is 14.6. The Morgan fingerprint density at radius 2 is 1.63 bits per heavy atom. The van der Waals surface area contributed by atoms with Gasteiger partial charge in [0.15, 0.2) is 0 Å². The van der Waals surface area contributed by atoms with Crippen LogP contribution >= 0.6 is 0 Å². The molecular formula is C23H28N4O3. The Bertz CT molecular complexity index is 1050. The third-order valence-corrected chi connectivity index (χ3v) is 6.62. The summed E-state index contributed by atoms with van der Waals surface area (Å²) in [5.74, 6) is 1.25. The van der Waals surface area contributed by atoms with E-state index in [0.717, 1.165) is 50.9 Å². The zero-order chi connectivity index (χ0) is 20.7. The molecule has 7 heteroatoms. The monoisotopic (exact) mass is 408 g/mol. The second kappa shape index (κ2) is 7.85. The van der Waals surface area contributed by atoms with Gasteiger partial charge in [-0.15, -0.1) is 0 Å². The van der Waals surface area contributed by atoms with Crippen molar-refractivity contribution in [3.8, 4) is 0 Å². The lowest BCUT2D eigenvalue weighted by atomic mass is 10.1. The van der Waals surface area contributed by atoms with Crippen LogP contribution in [0, 0.1) is 5.92 Å². The van der Waals surface area contributed by atoms with Gasteiger partial charge in [0.1, 0.15) is 5.82 Å². The molecule has 1 saturated carbocycles. The molecule has 2 amide bonds. The van der Waals surface area contributed by atoms with Crippen molar-refractivity contribution in [3.63, 3.8) is 0 Å². The lowest BCUT2D eigenvalue weighted by Crippen LogP contribution is -2.51. The van der Waals surface area contributed by atoms with E-state index < -0.39 is 0 Å². The minimum absolute atomic E-state index is 0.00287. The Kier molecular flexibility index (Phi) is 5.05. The number of amides is 2. The summed E-state index contributed by atoms with van der Waals surface area (Å²) < 4.78 is 1.82. The Morgan fingerprint density at radius 3 is 2.40 bits per heavy atom. The zero-order valence-electron chi connectivity index (χ0n) is 17.3. The van der Waals surface area contributed by atoms with Crippen LogP contribution < -0.4 is 5.56 Å². The Hall–Kier alpha value is -2.70. The van der Waals surface area contributed by atoms with Gasteiger partial charge in [-0.05, 0) is 43.9 Å². The second-order valence-electron chi connectivity index (χ2n) is 8.77. The maximum Gasteiger partial charge on any atom is 0.261 e. The van der Waals surface area contributed by atoms with E-state index in [2.05, 4.69) is 0 Å². The van der Waals surface area contributed by atoms with Gasteiger partial charge in [-0.1, -0.05) is 12.8 Å². The Morgan fingerprint density at radius 1 is 0.900 bits per heavy atom. The quantitative estimate of drug-likeness (QED) is 0.764. The highest BCUT2D eigenvalue weighted by molar-refractivity contribution is 5.97. The average Bonchev–Trinajstić information content (AvgIpc) is 3.59. The van der Waals surface area contributed by atoms with Crippen LogP contribution in [0.4, 0.5) is 0 Å². The molecule has 30 heavy (non-hydrogen) atoms.